The molecule has 0 saturated carbocycles. The molecule has 0 bridgehead atoms. The second kappa shape index (κ2) is 31.8. The first-order valence-electron chi connectivity index (χ1n) is 17.9. The molecule has 6 heteroatoms. The Kier molecular flexibility index (Phi) is 30.5. The van der Waals surface area contributed by atoms with E-state index in [0.29, 0.717) is 12.8 Å². The van der Waals surface area contributed by atoms with Crippen molar-refractivity contribution in [2.45, 2.75) is 168 Å². The van der Waals surface area contributed by atoms with Crippen LogP contribution in [0.1, 0.15) is 168 Å². The Morgan fingerprint density at radius 3 is 1.12 bits per heavy atom. The van der Waals surface area contributed by atoms with E-state index >= 15 is 0 Å². The monoisotopic (exact) mass is 609 g/mol. The highest BCUT2D eigenvalue weighted by atomic mass is 16.5. The lowest BCUT2D eigenvalue weighted by Crippen LogP contribution is -2.41. The first-order chi connectivity index (χ1) is 21.0. The standard InChI is InChI=1S/C37H68O6/c1-3-5-7-9-11-13-15-17-19-21-23-25-27-29-35(40)42-33-37(31-38,32-39)34-43-36(41)30-28-26-24-22-20-18-16-14-12-10-8-6-4-2/h13-16,38-39H,3-12,17-34H2,1-2H3/b15-13-,16-14-. The molecule has 0 unspecified atom stereocenters. The summed E-state index contributed by atoms with van der Waals surface area (Å²) in [5, 5.41) is 19.7. The van der Waals surface area contributed by atoms with Gasteiger partial charge in [0.2, 0.25) is 0 Å². The van der Waals surface area contributed by atoms with Crippen LogP contribution in [-0.2, 0) is 19.1 Å². The topological polar surface area (TPSA) is 93.1 Å². The highest BCUT2D eigenvalue weighted by Crippen LogP contribution is 2.19. The molecule has 0 atom stereocenters. The average Bonchev–Trinajstić information content (AvgIpc) is 3.02. The van der Waals surface area contributed by atoms with Gasteiger partial charge < -0.3 is 19.7 Å². The summed E-state index contributed by atoms with van der Waals surface area (Å²) in [6.07, 6.45) is 35.3. The summed E-state index contributed by atoms with van der Waals surface area (Å²) in [6.45, 7) is 3.29. The molecule has 2 N–H and O–H groups in total. The van der Waals surface area contributed by atoms with E-state index in [1.807, 2.05) is 0 Å². The maximum atomic E-state index is 12.2. The molecule has 0 saturated heterocycles. The van der Waals surface area contributed by atoms with Crippen LogP contribution in [0.25, 0.3) is 0 Å². The average molecular weight is 609 g/mol. The molecule has 0 rings (SSSR count). The van der Waals surface area contributed by atoms with Gasteiger partial charge in [0.25, 0.3) is 0 Å². The molecular weight excluding hydrogens is 540 g/mol. The number of aliphatic hydroxyl groups is 2. The lowest BCUT2D eigenvalue weighted by atomic mass is 9.92. The van der Waals surface area contributed by atoms with Crippen molar-refractivity contribution in [3.63, 3.8) is 0 Å². The van der Waals surface area contributed by atoms with Crippen LogP contribution in [0.4, 0.5) is 0 Å². The number of hydrogen-bond acceptors (Lipinski definition) is 6. The number of hydrogen-bond donors (Lipinski definition) is 2. The minimum atomic E-state index is -1.17. The van der Waals surface area contributed by atoms with E-state index in [1.165, 1.54) is 77.0 Å². The maximum absolute atomic E-state index is 12.2. The van der Waals surface area contributed by atoms with Gasteiger partial charge in [-0.3, -0.25) is 9.59 Å². The van der Waals surface area contributed by atoms with Crippen LogP contribution in [-0.4, -0.2) is 48.6 Å². The number of aliphatic hydroxyl groups excluding tert-OH is 2. The van der Waals surface area contributed by atoms with Gasteiger partial charge in [0, 0.05) is 12.8 Å². The lowest BCUT2D eigenvalue weighted by molar-refractivity contribution is -0.159. The van der Waals surface area contributed by atoms with Crippen molar-refractivity contribution >= 4 is 11.9 Å². The molecule has 0 heterocycles. The molecule has 0 aromatic rings. The minimum absolute atomic E-state index is 0.163. The maximum Gasteiger partial charge on any atom is 0.305 e. The third-order valence-corrected chi connectivity index (χ3v) is 8.03. The summed E-state index contributed by atoms with van der Waals surface area (Å²) >= 11 is 0. The Labute approximate surface area is 265 Å². The van der Waals surface area contributed by atoms with Gasteiger partial charge in [-0.15, -0.1) is 0 Å². The van der Waals surface area contributed by atoms with Gasteiger partial charge >= 0.3 is 11.9 Å². The van der Waals surface area contributed by atoms with Crippen molar-refractivity contribution in [1.82, 2.24) is 0 Å². The Morgan fingerprint density at radius 1 is 0.488 bits per heavy atom. The molecular formula is C37H68O6. The van der Waals surface area contributed by atoms with E-state index in [9.17, 15) is 19.8 Å². The number of unbranched alkanes of at least 4 members (excludes halogenated alkanes) is 18. The second-order valence-electron chi connectivity index (χ2n) is 12.4. The molecule has 43 heavy (non-hydrogen) atoms. The second-order valence-corrected chi connectivity index (χ2v) is 12.4. The van der Waals surface area contributed by atoms with Gasteiger partial charge in [-0.2, -0.15) is 0 Å². The number of rotatable bonds is 32. The molecule has 0 aliphatic carbocycles. The van der Waals surface area contributed by atoms with Crippen molar-refractivity contribution in [3.05, 3.63) is 24.3 Å². The van der Waals surface area contributed by atoms with Gasteiger partial charge in [-0.05, 0) is 64.2 Å². The molecule has 0 aliphatic heterocycles. The van der Waals surface area contributed by atoms with E-state index in [-0.39, 0.29) is 25.2 Å². The summed E-state index contributed by atoms with van der Waals surface area (Å²) in [4.78, 5) is 24.4. The molecule has 0 fully saturated rings. The number of carbonyl (C=O) groups excluding carboxylic acids is 2. The van der Waals surface area contributed by atoms with Gasteiger partial charge in [0.15, 0.2) is 0 Å². The summed E-state index contributed by atoms with van der Waals surface area (Å²) in [6, 6.07) is 0. The van der Waals surface area contributed by atoms with Crippen LogP contribution in [0.2, 0.25) is 0 Å². The highest BCUT2D eigenvalue weighted by Gasteiger charge is 2.32. The smallest absolute Gasteiger partial charge is 0.305 e. The van der Waals surface area contributed by atoms with Crippen molar-refractivity contribution in [2.24, 2.45) is 5.41 Å². The van der Waals surface area contributed by atoms with Gasteiger partial charge in [-0.1, -0.05) is 115 Å². The Bertz CT molecular complexity index is 629. The number of allylic oxidation sites excluding steroid dienone is 4. The van der Waals surface area contributed by atoms with Gasteiger partial charge in [0.1, 0.15) is 13.2 Å². The number of carbonyl (C=O) groups is 2. The zero-order chi connectivity index (χ0) is 31.7. The van der Waals surface area contributed by atoms with E-state index in [1.54, 1.807) is 0 Å². The van der Waals surface area contributed by atoms with Crippen molar-refractivity contribution in [1.29, 1.82) is 0 Å². The highest BCUT2D eigenvalue weighted by molar-refractivity contribution is 5.69. The van der Waals surface area contributed by atoms with E-state index in [2.05, 4.69) is 38.2 Å². The molecule has 252 valence electrons. The molecule has 6 nitrogen and oxygen atoms in total. The van der Waals surface area contributed by atoms with Gasteiger partial charge in [0.05, 0.1) is 18.6 Å². The van der Waals surface area contributed by atoms with Crippen LogP contribution in [0.5, 0.6) is 0 Å². The summed E-state index contributed by atoms with van der Waals surface area (Å²) in [7, 11) is 0. The normalized spacial score (nSPS) is 12.0. The Hall–Kier alpha value is -1.66. The first-order valence-corrected chi connectivity index (χ1v) is 17.9. The van der Waals surface area contributed by atoms with Crippen LogP contribution in [0.3, 0.4) is 0 Å². The lowest BCUT2D eigenvalue weighted by Gasteiger charge is -2.28. The van der Waals surface area contributed by atoms with Crippen LogP contribution in [0.15, 0.2) is 24.3 Å². The SMILES string of the molecule is CCCCCC/C=C\CCCCCCCC(=O)OCC(CO)(CO)COC(=O)CCCCCCC/C=C\CCCCCC. The Balaban J connectivity index is 3.86. The van der Waals surface area contributed by atoms with Crippen molar-refractivity contribution < 1.29 is 29.3 Å². The van der Waals surface area contributed by atoms with Crippen molar-refractivity contribution in [2.75, 3.05) is 26.4 Å². The molecule has 0 aliphatic rings. The van der Waals surface area contributed by atoms with Crippen LogP contribution >= 0.6 is 0 Å². The fourth-order valence-electron chi connectivity index (χ4n) is 4.86. The van der Waals surface area contributed by atoms with Gasteiger partial charge in [-0.25, -0.2) is 0 Å². The van der Waals surface area contributed by atoms with E-state index in [0.717, 1.165) is 64.2 Å². The third-order valence-electron chi connectivity index (χ3n) is 8.03. The summed E-state index contributed by atoms with van der Waals surface area (Å²) in [5.41, 5.74) is -1.17. The predicted octanol–water partition coefficient (Wildman–Crippen LogP) is 9.56. The molecule has 0 amide bonds. The van der Waals surface area contributed by atoms with Crippen LogP contribution in [0, 0.1) is 5.41 Å². The van der Waals surface area contributed by atoms with Crippen LogP contribution < -0.4 is 0 Å². The predicted molar refractivity (Wildman–Crippen MR) is 179 cm³/mol. The third kappa shape index (κ3) is 27.6. The fraction of sp³-hybridized carbons (Fsp3) is 0.838. The quantitative estimate of drug-likeness (QED) is 0.0449. The van der Waals surface area contributed by atoms with E-state index in [4.69, 9.17) is 9.47 Å². The minimum Gasteiger partial charge on any atom is -0.465 e. The molecule has 0 spiro atoms. The zero-order valence-corrected chi connectivity index (χ0v) is 28.1. The summed E-state index contributed by atoms with van der Waals surface area (Å²) in [5.74, 6) is -0.683. The molecule has 0 radical (unpaired) electrons. The van der Waals surface area contributed by atoms with Crippen molar-refractivity contribution in [3.8, 4) is 0 Å². The number of esters is 2. The molecule has 0 aromatic heterocycles. The fourth-order valence-corrected chi connectivity index (χ4v) is 4.86. The zero-order valence-electron chi connectivity index (χ0n) is 28.1. The molecule has 0 aromatic carbocycles. The largest absolute Gasteiger partial charge is 0.465 e. The summed E-state index contributed by atoms with van der Waals surface area (Å²) < 4.78 is 10.7. The Morgan fingerprint density at radius 2 is 0.791 bits per heavy atom. The number of ether oxygens (including phenoxy) is 2. The first kappa shape index (κ1) is 41.3. The van der Waals surface area contributed by atoms with E-state index < -0.39 is 18.6 Å².